The van der Waals surface area contributed by atoms with Crippen LogP contribution in [0.3, 0.4) is 0 Å². The maximum Gasteiger partial charge on any atom is 0.413 e. The molecule has 2 aliphatic heterocycles. The molecule has 25 heavy (non-hydrogen) atoms. The van der Waals surface area contributed by atoms with Gasteiger partial charge in [-0.2, -0.15) is 0 Å². The summed E-state index contributed by atoms with van der Waals surface area (Å²) in [4.78, 5) is 16.7. The lowest BCUT2D eigenvalue weighted by molar-refractivity contribution is 0.0564. The number of alkyl carbamates (subject to hydrolysis) is 1. The first-order valence-corrected chi connectivity index (χ1v) is 9.04. The Morgan fingerprint density at radius 1 is 1.52 bits per heavy atom. The number of benzene rings is 1. The molecule has 0 aromatic heterocycles. The molecule has 3 rings (SSSR count). The Hall–Kier alpha value is -1.80. The summed E-state index contributed by atoms with van der Waals surface area (Å²) in [5.41, 5.74) is 5.22. The average Bonchev–Trinajstić information content (AvgIpc) is 2.91. The standard InChI is InChI=1S/C17H22FN3O3S/c1-16(2,3)24-15(22)20-14-21-17(9-23-7-10(17)8-25-14)12-6-11(19)4-5-13(12)18/h4-6,10H,7-9,19H2,1-3H3,(H,20,21,22). The summed E-state index contributed by atoms with van der Waals surface area (Å²) in [6, 6.07) is 4.45. The fourth-order valence-electron chi connectivity index (χ4n) is 3.00. The molecule has 2 unspecified atom stereocenters. The molecule has 0 spiro atoms. The quantitative estimate of drug-likeness (QED) is 0.746. The molecule has 0 saturated carbocycles. The molecule has 1 aromatic rings. The van der Waals surface area contributed by atoms with E-state index < -0.39 is 17.2 Å². The number of hydrogen-bond acceptors (Lipinski definition) is 6. The number of aliphatic imine (C=N–C) groups is 1. The molecule has 6 nitrogen and oxygen atoms in total. The Morgan fingerprint density at radius 2 is 2.28 bits per heavy atom. The van der Waals surface area contributed by atoms with E-state index in [1.165, 1.54) is 23.9 Å². The highest BCUT2D eigenvalue weighted by Crippen LogP contribution is 2.45. The van der Waals surface area contributed by atoms with Crippen LogP contribution in [0.2, 0.25) is 0 Å². The number of rotatable bonds is 1. The second kappa shape index (κ2) is 6.49. The summed E-state index contributed by atoms with van der Waals surface area (Å²) in [5.74, 6) is 0.290. The third kappa shape index (κ3) is 3.74. The van der Waals surface area contributed by atoms with Crippen molar-refractivity contribution < 1.29 is 18.7 Å². The molecule has 3 N–H and O–H groups in total. The van der Waals surface area contributed by atoms with Gasteiger partial charge < -0.3 is 15.2 Å². The zero-order valence-corrected chi connectivity index (χ0v) is 15.3. The molecule has 0 aliphatic carbocycles. The summed E-state index contributed by atoms with van der Waals surface area (Å²) in [7, 11) is 0. The van der Waals surface area contributed by atoms with Gasteiger partial charge in [0.2, 0.25) is 0 Å². The van der Waals surface area contributed by atoms with Crippen molar-refractivity contribution >= 4 is 28.7 Å². The highest BCUT2D eigenvalue weighted by Gasteiger charge is 2.49. The molecule has 8 heteroatoms. The van der Waals surface area contributed by atoms with Crippen LogP contribution >= 0.6 is 11.8 Å². The van der Waals surface area contributed by atoms with Crippen molar-refractivity contribution in [3.8, 4) is 0 Å². The minimum Gasteiger partial charge on any atom is -0.444 e. The summed E-state index contributed by atoms with van der Waals surface area (Å²) >= 11 is 1.40. The van der Waals surface area contributed by atoms with Gasteiger partial charge in [-0.25, -0.2) is 14.2 Å². The molecule has 1 amide bonds. The first-order chi connectivity index (χ1) is 11.7. The van der Waals surface area contributed by atoms with Gasteiger partial charge in [-0.15, -0.1) is 0 Å². The fraction of sp³-hybridized carbons (Fsp3) is 0.529. The van der Waals surface area contributed by atoms with Crippen molar-refractivity contribution in [1.29, 1.82) is 0 Å². The number of amides is 1. The second-order valence-electron chi connectivity index (χ2n) is 7.23. The molecule has 0 radical (unpaired) electrons. The largest absolute Gasteiger partial charge is 0.444 e. The van der Waals surface area contributed by atoms with E-state index >= 15 is 0 Å². The molecule has 2 aliphatic rings. The van der Waals surface area contributed by atoms with E-state index in [0.29, 0.717) is 28.8 Å². The number of nitrogen functional groups attached to an aromatic ring is 1. The summed E-state index contributed by atoms with van der Waals surface area (Å²) in [5, 5.41) is 3.06. The van der Waals surface area contributed by atoms with Crippen molar-refractivity contribution in [2.75, 3.05) is 24.7 Å². The summed E-state index contributed by atoms with van der Waals surface area (Å²) in [6.45, 7) is 6.09. The lowest BCUT2D eigenvalue weighted by Gasteiger charge is -2.35. The predicted molar refractivity (Wildman–Crippen MR) is 96.1 cm³/mol. The third-order valence-corrected chi connectivity index (χ3v) is 5.14. The molecule has 2 heterocycles. The molecule has 1 saturated heterocycles. The Balaban J connectivity index is 1.93. The number of nitrogens with one attached hydrogen (secondary N) is 1. The first kappa shape index (κ1) is 18.0. The van der Waals surface area contributed by atoms with Crippen LogP contribution in [0.15, 0.2) is 23.2 Å². The number of fused-ring (bicyclic) bond motifs is 1. The van der Waals surface area contributed by atoms with Gasteiger partial charge in [-0.1, -0.05) is 11.8 Å². The normalized spacial score (nSPS) is 25.9. The lowest BCUT2D eigenvalue weighted by atomic mass is 9.81. The number of nitrogens with two attached hydrogens (primary N) is 1. The lowest BCUT2D eigenvalue weighted by Crippen LogP contribution is -2.43. The van der Waals surface area contributed by atoms with Crippen LogP contribution in [-0.2, 0) is 15.0 Å². The molecule has 2 atom stereocenters. The highest BCUT2D eigenvalue weighted by atomic mass is 32.2. The van der Waals surface area contributed by atoms with Crippen molar-refractivity contribution in [3.63, 3.8) is 0 Å². The maximum absolute atomic E-state index is 14.5. The minimum absolute atomic E-state index is 0.0120. The van der Waals surface area contributed by atoms with Crippen LogP contribution < -0.4 is 11.1 Å². The number of halogens is 1. The van der Waals surface area contributed by atoms with E-state index in [4.69, 9.17) is 15.2 Å². The smallest absolute Gasteiger partial charge is 0.413 e. The van der Waals surface area contributed by atoms with E-state index in [9.17, 15) is 9.18 Å². The second-order valence-corrected chi connectivity index (χ2v) is 8.24. The number of thioether (sulfide) groups is 1. The molecule has 136 valence electrons. The molecule has 0 bridgehead atoms. The summed E-state index contributed by atoms with van der Waals surface area (Å²) < 4.78 is 25.4. The number of hydrogen-bond donors (Lipinski definition) is 2. The molecular weight excluding hydrogens is 345 g/mol. The monoisotopic (exact) mass is 367 g/mol. The first-order valence-electron chi connectivity index (χ1n) is 8.05. The fourth-order valence-corrected chi connectivity index (χ4v) is 4.12. The number of nitrogens with zero attached hydrogens (tertiary/aromatic N) is 1. The molecule has 1 fully saturated rings. The topological polar surface area (TPSA) is 85.9 Å². The van der Waals surface area contributed by atoms with E-state index in [1.54, 1.807) is 26.8 Å². The Kier molecular flexibility index (Phi) is 4.68. The highest BCUT2D eigenvalue weighted by molar-refractivity contribution is 8.13. The zero-order chi connectivity index (χ0) is 18.2. The van der Waals surface area contributed by atoms with E-state index in [1.807, 2.05) is 0 Å². The van der Waals surface area contributed by atoms with E-state index in [0.717, 1.165) is 0 Å². The number of carbonyl (C=O) groups excluding carboxylic acids is 1. The van der Waals surface area contributed by atoms with Gasteiger partial charge in [0.05, 0.1) is 13.2 Å². The van der Waals surface area contributed by atoms with Crippen LogP contribution in [0.4, 0.5) is 14.9 Å². The van der Waals surface area contributed by atoms with Gasteiger partial charge in [0.25, 0.3) is 0 Å². The van der Waals surface area contributed by atoms with Gasteiger partial charge in [0.15, 0.2) is 5.17 Å². The Bertz CT molecular complexity index is 720. The van der Waals surface area contributed by atoms with Crippen molar-refractivity contribution in [1.82, 2.24) is 5.32 Å². The van der Waals surface area contributed by atoms with Gasteiger partial charge in [-0.3, -0.25) is 5.32 Å². The van der Waals surface area contributed by atoms with Crippen molar-refractivity contribution in [3.05, 3.63) is 29.6 Å². The van der Waals surface area contributed by atoms with Gasteiger partial charge in [0.1, 0.15) is 17.0 Å². The summed E-state index contributed by atoms with van der Waals surface area (Å²) in [6.07, 6.45) is -0.584. The zero-order valence-electron chi connectivity index (χ0n) is 14.5. The number of amidine groups is 1. The van der Waals surface area contributed by atoms with Crippen LogP contribution in [0.25, 0.3) is 0 Å². The number of carbonyl (C=O) groups is 1. The van der Waals surface area contributed by atoms with Crippen LogP contribution in [0, 0.1) is 11.7 Å². The molecular formula is C17H22FN3O3S. The van der Waals surface area contributed by atoms with Gasteiger partial charge >= 0.3 is 6.09 Å². The van der Waals surface area contributed by atoms with Crippen LogP contribution in [0.5, 0.6) is 0 Å². The van der Waals surface area contributed by atoms with Crippen LogP contribution in [0.1, 0.15) is 26.3 Å². The molecule has 1 aromatic carbocycles. The van der Waals surface area contributed by atoms with E-state index in [-0.39, 0.29) is 18.3 Å². The van der Waals surface area contributed by atoms with Gasteiger partial charge in [-0.05, 0) is 39.0 Å². The number of ether oxygens (including phenoxy) is 2. The van der Waals surface area contributed by atoms with Crippen molar-refractivity contribution in [2.45, 2.75) is 31.9 Å². The average molecular weight is 367 g/mol. The van der Waals surface area contributed by atoms with Gasteiger partial charge in [0, 0.05) is 22.9 Å². The third-order valence-electron chi connectivity index (χ3n) is 4.10. The SMILES string of the molecule is CC(C)(C)OC(=O)NC1=NC2(c3cc(N)ccc3F)COCC2CS1. The van der Waals surface area contributed by atoms with Crippen molar-refractivity contribution in [2.24, 2.45) is 10.9 Å². The van der Waals surface area contributed by atoms with E-state index in [2.05, 4.69) is 10.3 Å². The Labute approximate surface area is 150 Å². The maximum atomic E-state index is 14.5. The predicted octanol–water partition coefficient (Wildman–Crippen LogP) is 2.88. The minimum atomic E-state index is -0.880. The van der Waals surface area contributed by atoms with Crippen LogP contribution in [-0.4, -0.2) is 35.8 Å². The number of anilines is 1. The Morgan fingerprint density at radius 3 is 3.00 bits per heavy atom.